The highest BCUT2D eigenvalue weighted by molar-refractivity contribution is 7.09. The van der Waals surface area contributed by atoms with Crippen molar-refractivity contribution < 1.29 is 4.79 Å². The summed E-state index contributed by atoms with van der Waals surface area (Å²) in [5.74, 6) is 0. The molecule has 4 nitrogen and oxygen atoms in total. The molecule has 2 N–H and O–H groups in total. The zero-order valence-electron chi connectivity index (χ0n) is 12.1. The predicted octanol–water partition coefficient (Wildman–Crippen LogP) is 3.30. The van der Waals surface area contributed by atoms with Crippen LogP contribution in [0.3, 0.4) is 0 Å². The van der Waals surface area contributed by atoms with Crippen molar-refractivity contribution in [3.63, 3.8) is 0 Å². The Kier molecular flexibility index (Phi) is 4.20. The monoisotopic (exact) mass is 301 g/mol. The van der Waals surface area contributed by atoms with Crippen LogP contribution in [0.2, 0.25) is 0 Å². The Morgan fingerprint density at radius 3 is 3.00 bits per heavy atom. The third-order valence-corrected chi connectivity index (χ3v) is 4.83. The Balaban J connectivity index is 1.49. The molecule has 0 spiro atoms. The van der Waals surface area contributed by atoms with Gasteiger partial charge in [0.2, 0.25) is 0 Å². The Morgan fingerprint density at radius 2 is 2.19 bits per heavy atom. The highest BCUT2D eigenvalue weighted by Crippen LogP contribution is 2.24. The van der Waals surface area contributed by atoms with Gasteiger partial charge < -0.3 is 10.6 Å². The number of anilines is 1. The molecule has 21 heavy (non-hydrogen) atoms. The van der Waals surface area contributed by atoms with Gasteiger partial charge >= 0.3 is 6.03 Å². The Labute approximate surface area is 128 Å². The van der Waals surface area contributed by atoms with Crippen molar-refractivity contribution in [2.75, 3.05) is 11.9 Å². The molecule has 0 radical (unpaired) electrons. The first-order valence-electron chi connectivity index (χ1n) is 7.28. The lowest BCUT2D eigenvalue weighted by Crippen LogP contribution is -2.30. The lowest BCUT2D eigenvalue weighted by molar-refractivity contribution is 0.252. The van der Waals surface area contributed by atoms with E-state index in [0.717, 1.165) is 30.6 Å². The van der Waals surface area contributed by atoms with Crippen LogP contribution in [-0.2, 0) is 19.3 Å². The Morgan fingerprint density at radius 1 is 1.33 bits per heavy atom. The zero-order valence-corrected chi connectivity index (χ0v) is 12.9. The molecule has 0 saturated heterocycles. The summed E-state index contributed by atoms with van der Waals surface area (Å²) in [5, 5.41) is 5.80. The summed E-state index contributed by atoms with van der Waals surface area (Å²) < 4.78 is 0. The van der Waals surface area contributed by atoms with Crippen molar-refractivity contribution in [3.05, 3.63) is 45.4 Å². The second-order valence-electron chi connectivity index (χ2n) is 5.33. The van der Waals surface area contributed by atoms with Crippen molar-refractivity contribution in [3.8, 4) is 0 Å². The van der Waals surface area contributed by atoms with Crippen molar-refractivity contribution >= 4 is 23.1 Å². The molecule has 2 amide bonds. The lowest BCUT2D eigenvalue weighted by atomic mass is 10.1. The molecule has 1 aromatic heterocycles. The third kappa shape index (κ3) is 3.42. The van der Waals surface area contributed by atoms with Crippen molar-refractivity contribution in [2.45, 2.75) is 32.6 Å². The van der Waals surface area contributed by atoms with Gasteiger partial charge in [-0.05, 0) is 49.4 Å². The van der Waals surface area contributed by atoms with Gasteiger partial charge in [-0.2, -0.15) is 0 Å². The first-order chi connectivity index (χ1) is 10.2. The molecule has 1 aliphatic rings. The Hall–Kier alpha value is -1.88. The van der Waals surface area contributed by atoms with Gasteiger partial charge in [0.15, 0.2) is 0 Å². The lowest BCUT2D eigenvalue weighted by Gasteiger charge is -2.09. The minimum atomic E-state index is -0.143. The van der Waals surface area contributed by atoms with E-state index in [1.165, 1.54) is 22.4 Å². The number of hydrogen-bond acceptors (Lipinski definition) is 3. The molecule has 0 unspecified atom stereocenters. The maximum atomic E-state index is 11.9. The van der Waals surface area contributed by atoms with Gasteiger partial charge in [0.05, 0.1) is 11.2 Å². The standard InChI is InChI=1S/C16H19N3OS/c1-11-15(21-10-18-11)7-8-17-16(20)19-14-6-5-12-3-2-4-13(12)9-14/h5-6,9-10H,2-4,7-8H2,1H3,(H2,17,19,20). The molecule has 110 valence electrons. The van der Waals surface area contributed by atoms with Crippen molar-refractivity contribution in [2.24, 2.45) is 0 Å². The summed E-state index contributed by atoms with van der Waals surface area (Å²) >= 11 is 1.64. The number of hydrogen-bond donors (Lipinski definition) is 2. The summed E-state index contributed by atoms with van der Waals surface area (Å²) in [6, 6.07) is 6.06. The molecule has 0 fully saturated rings. The molecule has 0 aliphatic heterocycles. The van der Waals surface area contributed by atoms with Crippen molar-refractivity contribution in [1.29, 1.82) is 0 Å². The largest absolute Gasteiger partial charge is 0.338 e. The summed E-state index contributed by atoms with van der Waals surface area (Å²) in [7, 11) is 0. The molecule has 3 rings (SSSR count). The van der Waals surface area contributed by atoms with E-state index in [-0.39, 0.29) is 6.03 Å². The first-order valence-corrected chi connectivity index (χ1v) is 8.16. The molecule has 2 aromatic rings. The fourth-order valence-corrected chi connectivity index (χ4v) is 3.46. The van der Waals surface area contributed by atoms with E-state index in [4.69, 9.17) is 0 Å². The summed E-state index contributed by atoms with van der Waals surface area (Å²) in [4.78, 5) is 17.3. The fourth-order valence-electron chi connectivity index (χ4n) is 2.68. The number of amides is 2. The number of aryl methyl sites for hydroxylation is 3. The average Bonchev–Trinajstić information content (AvgIpc) is 3.07. The molecule has 0 atom stereocenters. The second-order valence-corrected chi connectivity index (χ2v) is 6.27. The van der Waals surface area contributed by atoms with Crippen LogP contribution < -0.4 is 10.6 Å². The number of rotatable bonds is 4. The van der Waals surface area contributed by atoms with Gasteiger partial charge in [-0.15, -0.1) is 11.3 Å². The highest BCUT2D eigenvalue weighted by Gasteiger charge is 2.11. The summed E-state index contributed by atoms with van der Waals surface area (Å²) in [5.41, 5.74) is 6.56. The van der Waals surface area contributed by atoms with E-state index in [0.29, 0.717) is 6.54 Å². The van der Waals surface area contributed by atoms with Crippen LogP contribution in [0.5, 0.6) is 0 Å². The topological polar surface area (TPSA) is 54.0 Å². The molecular weight excluding hydrogens is 282 g/mol. The van der Waals surface area contributed by atoms with Gasteiger partial charge in [0.1, 0.15) is 0 Å². The molecule has 0 bridgehead atoms. The van der Waals surface area contributed by atoms with Crippen LogP contribution >= 0.6 is 11.3 Å². The van der Waals surface area contributed by atoms with E-state index in [1.54, 1.807) is 11.3 Å². The number of nitrogens with one attached hydrogen (secondary N) is 2. The fraction of sp³-hybridized carbons (Fsp3) is 0.375. The number of nitrogens with zero attached hydrogens (tertiary/aromatic N) is 1. The van der Waals surface area contributed by atoms with Crippen LogP contribution in [-0.4, -0.2) is 17.6 Å². The molecule has 0 saturated carbocycles. The van der Waals surface area contributed by atoms with E-state index in [9.17, 15) is 4.79 Å². The Bertz CT molecular complexity index is 651. The maximum absolute atomic E-state index is 11.9. The van der Waals surface area contributed by atoms with Gasteiger partial charge in [-0.25, -0.2) is 9.78 Å². The number of aromatic nitrogens is 1. The van der Waals surface area contributed by atoms with E-state index >= 15 is 0 Å². The van der Waals surface area contributed by atoms with Gasteiger partial charge in [0, 0.05) is 23.5 Å². The summed E-state index contributed by atoms with van der Waals surface area (Å²) in [6.45, 7) is 2.62. The van der Waals surface area contributed by atoms with Crippen LogP contribution in [0.4, 0.5) is 10.5 Å². The van der Waals surface area contributed by atoms with E-state index < -0.39 is 0 Å². The number of benzene rings is 1. The minimum absolute atomic E-state index is 0.143. The molecule has 1 heterocycles. The average molecular weight is 301 g/mol. The maximum Gasteiger partial charge on any atom is 0.319 e. The van der Waals surface area contributed by atoms with E-state index in [1.807, 2.05) is 18.5 Å². The summed E-state index contributed by atoms with van der Waals surface area (Å²) in [6.07, 6.45) is 4.33. The van der Waals surface area contributed by atoms with Crippen LogP contribution in [0.15, 0.2) is 23.7 Å². The third-order valence-electron chi connectivity index (χ3n) is 3.84. The minimum Gasteiger partial charge on any atom is -0.338 e. The van der Waals surface area contributed by atoms with Crippen molar-refractivity contribution in [1.82, 2.24) is 10.3 Å². The normalized spacial score (nSPS) is 13.0. The smallest absolute Gasteiger partial charge is 0.319 e. The highest BCUT2D eigenvalue weighted by atomic mass is 32.1. The van der Waals surface area contributed by atoms with Crippen LogP contribution in [0.25, 0.3) is 0 Å². The number of urea groups is 1. The number of carbonyl (C=O) groups is 1. The van der Waals surface area contributed by atoms with Crippen LogP contribution in [0, 0.1) is 6.92 Å². The number of carbonyl (C=O) groups excluding carboxylic acids is 1. The number of thiazole rings is 1. The second kappa shape index (κ2) is 6.26. The van der Waals surface area contributed by atoms with Gasteiger partial charge in [0.25, 0.3) is 0 Å². The molecule has 5 heteroatoms. The quantitative estimate of drug-likeness (QED) is 0.910. The SMILES string of the molecule is Cc1ncsc1CCNC(=O)Nc1ccc2c(c1)CCC2. The predicted molar refractivity (Wildman–Crippen MR) is 86.0 cm³/mol. The molecule has 1 aliphatic carbocycles. The van der Waals surface area contributed by atoms with Gasteiger partial charge in [-0.1, -0.05) is 6.07 Å². The first kappa shape index (κ1) is 14.1. The van der Waals surface area contributed by atoms with Gasteiger partial charge in [-0.3, -0.25) is 0 Å². The zero-order chi connectivity index (χ0) is 14.7. The van der Waals surface area contributed by atoms with Crippen LogP contribution in [0.1, 0.15) is 28.1 Å². The van der Waals surface area contributed by atoms with E-state index in [2.05, 4.69) is 27.8 Å². The number of fused-ring (bicyclic) bond motifs is 1. The molecule has 1 aromatic carbocycles. The molecular formula is C16H19N3OS.